The third kappa shape index (κ3) is 7.61. The molecule has 2 amide bonds. The first kappa shape index (κ1) is 32.2. The highest BCUT2D eigenvalue weighted by atomic mass is 19.1. The summed E-state index contributed by atoms with van der Waals surface area (Å²) in [6, 6.07) is 20.2. The van der Waals surface area contributed by atoms with Crippen molar-refractivity contribution >= 4 is 12.0 Å². The molecular weight excluding hydrogens is 545 g/mol. The number of carbonyl (C=O) groups is 2. The Morgan fingerprint density at radius 1 is 1.12 bits per heavy atom. The molecule has 4 rings (SSSR count). The van der Waals surface area contributed by atoms with Crippen LogP contribution in [0.25, 0.3) is 11.1 Å². The number of alkyl carbamates (subject to hydrolysis) is 1. The van der Waals surface area contributed by atoms with Gasteiger partial charge in [0.15, 0.2) is 0 Å². The molecule has 8 heteroatoms. The van der Waals surface area contributed by atoms with E-state index in [4.69, 9.17) is 4.74 Å². The number of hydrogen-bond donors (Lipinski definition) is 3. The monoisotopic (exact) mass is 589 g/mol. The molecule has 0 aromatic heterocycles. The number of aliphatic hydroxyl groups is 1. The number of rotatable bonds is 11. The zero-order chi connectivity index (χ0) is 31.0. The van der Waals surface area contributed by atoms with Crippen molar-refractivity contribution in [1.29, 1.82) is 0 Å². The van der Waals surface area contributed by atoms with Crippen LogP contribution in [0.4, 0.5) is 9.18 Å². The van der Waals surface area contributed by atoms with Crippen molar-refractivity contribution in [3.05, 3.63) is 94.8 Å². The minimum absolute atomic E-state index is 0.0838. The lowest BCUT2D eigenvalue weighted by Gasteiger charge is -2.43. The number of benzene rings is 3. The number of ether oxygens (including phenoxy) is 1. The first-order valence-corrected chi connectivity index (χ1v) is 15.1. The van der Waals surface area contributed by atoms with Crippen LogP contribution in [0.1, 0.15) is 72.5 Å². The first-order valence-electron chi connectivity index (χ1n) is 15.1. The Kier molecular flexibility index (Phi) is 10.9. The Balaban J connectivity index is 1.70. The average molecular weight is 590 g/mol. The highest BCUT2D eigenvalue weighted by molar-refractivity contribution is 5.94. The maximum absolute atomic E-state index is 15.8. The Morgan fingerprint density at radius 2 is 1.86 bits per heavy atom. The number of nitrogens with one attached hydrogen (secondary N) is 2. The summed E-state index contributed by atoms with van der Waals surface area (Å²) in [7, 11) is 3.18. The molecular formula is C35H44FN3O4. The Hall–Kier alpha value is -3.75. The fraction of sp³-hybridized carbons (Fsp3) is 0.429. The Morgan fingerprint density at radius 3 is 2.56 bits per heavy atom. The molecule has 0 aliphatic carbocycles. The third-order valence-electron chi connectivity index (χ3n) is 8.48. The van der Waals surface area contributed by atoms with Crippen molar-refractivity contribution in [3.63, 3.8) is 0 Å². The highest BCUT2D eigenvalue weighted by Gasteiger charge is 2.43. The van der Waals surface area contributed by atoms with Gasteiger partial charge in [0.25, 0.3) is 5.91 Å². The smallest absolute Gasteiger partial charge is 0.406 e. The highest BCUT2D eigenvalue weighted by Crippen LogP contribution is 2.44. The van der Waals surface area contributed by atoms with Gasteiger partial charge >= 0.3 is 6.09 Å². The quantitative estimate of drug-likeness (QED) is 0.231. The van der Waals surface area contributed by atoms with Crippen LogP contribution in [0.3, 0.4) is 0 Å². The molecule has 230 valence electrons. The van der Waals surface area contributed by atoms with Gasteiger partial charge in [-0.05, 0) is 79.1 Å². The van der Waals surface area contributed by atoms with Crippen LogP contribution in [0.15, 0.2) is 66.7 Å². The topological polar surface area (TPSA) is 90.9 Å². The van der Waals surface area contributed by atoms with E-state index in [1.54, 1.807) is 17.0 Å². The molecule has 1 unspecified atom stereocenters. The molecule has 0 saturated carbocycles. The van der Waals surface area contributed by atoms with Crippen molar-refractivity contribution in [2.75, 3.05) is 33.8 Å². The molecule has 1 aliphatic heterocycles. The van der Waals surface area contributed by atoms with Gasteiger partial charge in [-0.3, -0.25) is 4.79 Å². The van der Waals surface area contributed by atoms with Crippen LogP contribution < -0.4 is 10.6 Å². The van der Waals surface area contributed by atoms with Gasteiger partial charge in [0.2, 0.25) is 0 Å². The van der Waals surface area contributed by atoms with Crippen LogP contribution in [-0.4, -0.2) is 55.8 Å². The number of methoxy groups -OCH3 is 1. The van der Waals surface area contributed by atoms with Crippen LogP contribution in [0.2, 0.25) is 0 Å². The van der Waals surface area contributed by atoms with Gasteiger partial charge in [0.05, 0.1) is 12.7 Å². The van der Waals surface area contributed by atoms with Crippen molar-refractivity contribution in [3.8, 4) is 11.1 Å². The van der Waals surface area contributed by atoms with Crippen LogP contribution in [0, 0.1) is 11.7 Å². The summed E-state index contributed by atoms with van der Waals surface area (Å²) in [6.45, 7) is 6.10. The summed E-state index contributed by atoms with van der Waals surface area (Å²) < 4.78 is 20.5. The molecule has 1 fully saturated rings. The molecule has 0 radical (unpaired) electrons. The zero-order valence-corrected chi connectivity index (χ0v) is 25.7. The van der Waals surface area contributed by atoms with E-state index in [2.05, 4.69) is 24.5 Å². The van der Waals surface area contributed by atoms with E-state index in [9.17, 15) is 14.7 Å². The SMILES string of the molecule is CNCc1ccc(C(=O)N2CCC[C@@H](C(O)(CCCNC(=O)OC)c3cccc(F)c3-c3cccc(C(C)C)c3)C2)cc1. The fourth-order valence-corrected chi connectivity index (χ4v) is 6.11. The molecule has 3 aromatic rings. The van der Waals surface area contributed by atoms with E-state index in [-0.39, 0.29) is 30.7 Å². The van der Waals surface area contributed by atoms with Crippen molar-refractivity contribution in [2.45, 2.75) is 57.6 Å². The van der Waals surface area contributed by atoms with E-state index in [0.717, 1.165) is 11.1 Å². The van der Waals surface area contributed by atoms with Gasteiger partial charge in [0, 0.05) is 43.2 Å². The van der Waals surface area contributed by atoms with Crippen LogP contribution >= 0.6 is 0 Å². The van der Waals surface area contributed by atoms with E-state index >= 15 is 4.39 Å². The number of halogens is 1. The normalized spacial score (nSPS) is 16.5. The predicted molar refractivity (Wildman–Crippen MR) is 167 cm³/mol. The average Bonchev–Trinajstić information content (AvgIpc) is 3.03. The van der Waals surface area contributed by atoms with Gasteiger partial charge < -0.3 is 25.4 Å². The summed E-state index contributed by atoms with van der Waals surface area (Å²) >= 11 is 0. The zero-order valence-electron chi connectivity index (χ0n) is 25.7. The van der Waals surface area contributed by atoms with Gasteiger partial charge in [0.1, 0.15) is 5.82 Å². The van der Waals surface area contributed by atoms with E-state index < -0.39 is 17.5 Å². The molecule has 1 saturated heterocycles. The standard InChI is InChI=1S/C35H44FN3O4/c1-24(2)27-9-5-10-28(21-27)32-30(12-6-13-31(32)36)35(42,18-8-19-38-34(41)43-4)29-11-7-20-39(23-29)33(40)26-16-14-25(15-17-26)22-37-3/h5-6,9-10,12-17,21,24,29,37,42H,7-8,11,18-20,22-23H2,1-4H3,(H,38,41)/t29-,35?/m1/s1. The maximum Gasteiger partial charge on any atom is 0.406 e. The number of likely N-dealkylation sites (tertiary alicyclic amines) is 1. The second kappa shape index (κ2) is 14.6. The lowest BCUT2D eigenvalue weighted by molar-refractivity contribution is -0.0564. The van der Waals surface area contributed by atoms with E-state index in [0.29, 0.717) is 61.2 Å². The Labute approximate surface area is 254 Å². The minimum Gasteiger partial charge on any atom is -0.453 e. The number of hydrogen-bond acceptors (Lipinski definition) is 5. The minimum atomic E-state index is -1.46. The molecule has 1 aliphatic rings. The molecule has 0 spiro atoms. The number of piperidine rings is 1. The largest absolute Gasteiger partial charge is 0.453 e. The second-order valence-electron chi connectivity index (χ2n) is 11.7. The van der Waals surface area contributed by atoms with E-state index in [1.807, 2.05) is 55.6 Å². The van der Waals surface area contributed by atoms with Gasteiger partial charge in [-0.2, -0.15) is 0 Å². The van der Waals surface area contributed by atoms with Crippen molar-refractivity contribution < 1.29 is 23.8 Å². The predicted octanol–water partition coefficient (Wildman–Crippen LogP) is 6.21. The van der Waals surface area contributed by atoms with Crippen LogP contribution in [0.5, 0.6) is 0 Å². The molecule has 2 atom stereocenters. The molecule has 1 heterocycles. The summed E-state index contributed by atoms with van der Waals surface area (Å²) in [6.07, 6.45) is 1.54. The Bertz CT molecular complexity index is 1390. The van der Waals surface area contributed by atoms with Crippen molar-refractivity contribution in [2.24, 2.45) is 5.92 Å². The van der Waals surface area contributed by atoms with Crippen molar-refractivity contribution in [1.82, 2.24) is 15.5 Å². The fourth-order valence-electron chi connectivity index (χ4n) is 6.11. The van der Waals surface area contributed by atoms with E-state index in [1.165, 1.54) is 13.2 Å². The number of nitrogens with zero attached hydrogens (tertiary/aromatic N) is 1. The van der Waals surface area contributed by atoms with Gasteiger partial charge in [-0.15, -0.1) is 0 Å². The first-order chi connectivity index (χ1) is 20.7. The summed E-state index contributed by atoms with van der Waals surface area (Å²) in [5.41, 5.74) is 2.88. The number of carbonyl (C=O) groups excluding carboxylic acids is 2. The van der Waals surface area contributed by atoms with Gasteiger partial charge in [-0.1, -0.05) is 62.4 Å². The molecule has 0 bridgehead atoms. The second-order valence-corrected chi connectivity index (χ2v) is 11.7. The third-order valence-corrected chi connectivity index (χ3v) is 8.48. The number of amides is 2. The lowest BCUT2D eigenvalue weighted by atomic mass is 9.72. The lowest BCUT2D eigenvalue weighted by Crippen LogP contribution is -2.48. The summed E-state index contributed by atoms with van der Waals surface area (Å²) in [5.74, 6) is -0.584. The molecule has 43 heavy (non-hydrogen) atoms. The maximum atomic E-state index is 15.8. The van der Waals surface area contributed by atoms with Crippen LogP contribution in [-0.2, 0) is 16.9 Å². The summed E-state index contributed by atoms with van der Waals surface area (Å²) in [4.78, 5) is 27.1. The molecule has 3 N–H and O–H groups in total. The van der Waals surface area contributed by atoms with Gasteiger partial charge in [-0.25, -0.2) is 9.18 Å². The summed E-state index contributed by atoms with van der Waals surface area (Å²) in [5, 5.41) is 18.5. The molecule has 7 nitrogen and oxygen atoms in total. The molecule has 3 aromatic carbocycles.